The smallest absolute Gasteiger partial charge is 0.277 e. The SMILES string of the molecule is O=C(Nc1ccc2c(c1)CCN(C1CCC1)CC2)c1ccon1. The summed E-state index contributed by atoms with van der Waals surface area (Å²) in [4.78, 5) is 14.7. The minimum absolute atomic E-state index is 0.233. The monoisotopic (exact) mass is 311 g/mol. The van der Waals surface area contributed by atoms with Crippen molar-refractivity contribution in [2.24, 2.45) is 0 Å². The predicted molar refractivity (Wildman–Crippen MR) is 87.5 cm³/mol. The first-order valence-electron chi connectivity index (χ1n) is 8.37. The van der Waals surface area contributed by atoms with Crippen LogP contribution in [0.1, 0.15) is 40.9 Å². The van der Waals surface area contributed by atoms with Gasteiger partial charge in [0.15, 0.2) is 5.69 Å². The second-order valence-electron chi connectivity index (χ2n) is 6.44. The second kappa shape index (κ2) is 6.16. The van der Waals surface area contributed by atoms with Crippen molar-refractivity contribution in [1.29, 1.82) is 0 Å². The van der Waals surface area contributed by atoms with Crippen molar-refractivity contribution in [3.8, 4) is 0 Å². The molecule has 2 aliphatic rings. The van der Waals surface area contributed by atoms with Crippen LogP contribution in [-0.4, -0.2) is 35.1 Å². The first kappa shape index (κ1) is 14.5. The fourth-order valence-corrected chi connectivity index (χ4v) is 3.46. The number of hydrogen-bond donors (Lipinski definition) is 1. The Morgan fingerprint density at radius 2 is 2.00 bits per heavy atom. The zero-order valence-electron chi connectivity index (χ0n) is 13.1. The molecule has 4 rings (SSSR count). The van der Waals surface area contributed by atoms with E-state index in [9.17, 15) is 4.79 Å². The Morgan fingerprint density at radius 1 is 1.17 bits per heavy atom. The van der Waals surface area contributed by atoms with Crippen molar-refractivity contribution in [3.05, 3.63) is 47.3 Å². The third-order valence-corrected chi connectivity index (χ3v) is 5.06. The van der Waals surface area contributed by atoms with Crippen molar-refractivity contribution in [3.63, 3.8) is 0 Å². The van der Waals surface area contributed by atoms with Crippen LogP contribution in [-0.2, 0) is 12.8 Å². The fourth-order valence-electron chi connectivity index (χ4n) is 3.46. The van der Waals surface area contributed by atoms with Gasteiger partial charge in [-0.3, -0.25) is 9.69 Å². The molecule has 2 aromatic rings. The number of rotatable bonds is 3. The molecule has 120 valence electrons. The fraction of sp³-hybridized carbons (Fsp3) is 0.444. The summed E-state index contributed by atoms with van der Waals surface area (Å²) in [5.74, 6) is -0.233. The van der Waals surface area contributed by atoms with Crippen LogP contribution in [0.5, 0.6) is 0 Å². The zero-order valence-corrected chi connectivity index (χ0v) is 13.1. The maximum Gasteiger partial charge on any atom is 0.277 e. The van der Waals surface area contributed by atoms with E-state index in [-0.39, 0.29) is 5.91 Å². The largest absolute Gasteiger partial charge is 0.364 e. The number of anilines is 1. The highest BCUT2D eigenvalue weighted by molar-refractivity contribution is 6.02. The Labute approximate surface area is 135 Å². The summed E-state index contributed by atoms with van der Waals surface area (Å²) in [7, 11) is 0. The molecule has 0 spiro atoms. The van der Waals surface area contributed by atoms with Gasteiger partial charge in [-0.2, -0.15) is 0 Å². The van der Waals surface area contributed by atoms with Gasteiger partial charge in [-0.05, 0) is 48.9 Å². The number of benzene rings is 1. The van der Waals surface area contributed by atoms with Crippen LogP contribution in [0.4, 0.5) is 5.69 Å². The molecule has 5 nitrogen and oxygen atoms in total. The van der Waals surface area contributed by atoms with Crippen molar-refractivity contribution in [2.45, 2.75) is 38.1 Å². The van der Waals surface area contributed by atoms with Crippen LogP contribution in [0.3, 0.4) is 0 Å². The minimum Gasteiger partial charge on any atom is -0.364 e. The first-order chi connectivity index (χ1) is 11.3. The highest BCUT2D eigenvalue weighted by Crippen LogP contribution is 2.28. The number of amides is 1. The van der Waals surface area contributed by atoms with E-state index in [1.54, 1.807) is 6.07 Å². The van der Waals surface area contributed by atoms with E-state index in [0.717, 1.165) is 37.7 Å². The van der Waals surface area contributed by atoms with E-state index in [4.69, 9.17) is 4.52 Å². The summed E-state index contributed by atoms with van der Waals surface area (Å²) >= 11 is 0. The number of aromatic nitrogens is 1. The van der Waals surface area contributed by atoms with Crippen LogP contribution in [0.15, 0.2) is 35.1 Å². The van der Waals surface area contributed by atoms with Crippen LogP contribution in [0.25, 0.3) is 0 Å². The van der Waals surface area contributed by atoms with E-state index in [2.05, 4.69) is 27.5 Å². The summed E-state index contributed by atoms with van der Waals surface area (Å²) in [6.07, 6.45) is 7.65. The number of nitrogens with zero attached hydrogens (tertiary/aromatic N) is 2. The second-order valence-corrected chi connectivity index (χ2v) is 6.44. The van der Waals surface area contributed by atoms with Crippen molar-refractivity contribution >= 4 is 11.6 Å². The standard InChI is InChI=1S/C18H21N3O2/c22-18(17-8-11-23-20-17)19-15-5-4-13-6-9-21(16-2-1-3-16)10-7-14(13)12-15/h4-5,8,11-12,16H,1-3,6-7,9-10H2,(H,19,22). The van der Waals surface area contributed by atoms with Crippen LogP contribution >= 0.6 is 0 Å². The van der Waals surface area contributed by atoms with E-state index < -0.39 is 0 Å². The summed E-state index contributed by atoms with van der Waals surface area (Å²) in [6, 6.07) is 8.61. The maximum absolute atomic E-state index is 12.1. The number of hydrogen-bond acceptors (Lipinski definition) is 4. The number of carbonyl (C=O) groups excluding carboxylic acids is 1. The molecule has 0 atom stereocenters. The summed E-state index contributed by atoms with van der Waals surface area (Å²) in [6.45, 7) is 2.28. The molecule has 1 aliphatic heterocycles. The molecule has 1 fully saturated rings. The third kappa shape index (κ3) is 3.01. The molecule has 1 aromatic heterocycles. The van der Waals surface area contributed by atoms with Gasteiger partial charge in [-0.1, -0.05) is 17.6 Å². The lowest BCUT2D eigenvalue weighted by atomic mass is 9.91. The Hall–Kier alpha value is -2.14. The first-order valence-corrected chi connectivity index (χ1v) is 8.37. The van der Waals surface area contributed by atoms with Gasteiger partial charge in [-0.15, -0.1) is 0 Å². The maximum atomic E-state index is 12.1. The Kier molecular flexibility index (Phi) is 3.87. The highest BCUT2D eigenvalue weighted by atomic mass is 16.5. The molecule has 0 bridgehead atoms. The average Bonchev–Trinajstić information content (AvgIpc) is 2.96. The lowest BCUT2D eigenvalue weighted by molar-refractivity contribution is 0.101. The van der Waals surface area contributed by atoms with E-state index in [1.807, 2.05) is 6.07 Å². The molecule has 0 radical (unpaired) electrons. The lowest BCUT2D eigenvalue weighted by Gasteiger charge is -2.36. The summed E-state index contributed by atoms with van der Waals surface area (Å²) in [5.41, 5.74) is 3.89. The normalized spacial score (nSPS) is 18.8. The van der Waals surface area contributed by atoms with Crippen LogP contribution in [0, 0.1) is 0 Å². The van der Waals surface area contributed by atoms with Crippen LogP contribution in [0.2, 0.25) is 0 Å². The number of fused-ring (bicyclic) bond motifs is 1. The van der Waals surface area contributed by atoms with Crippen molar-refractivity contribution < 1.29 is 9.32 Å². The molecule has 2 heterocycles. The molecule has 1 aliphatic carbocycles. The molecule has 0 unspecified atom stereocenters. The Morgan fingerprint density at radius 3 is 2.70 bits per heavy atom. The van der Waals surface area contributed by atoms with Gasteiger partial charge in [0.25, 0.3) is 5.91 Å². The van der Waals surface area contributed by atoms with Gasteiger partial charge >= 0.3 is 0 Å². The molecule has 23 heavy (non-hydrogen) atoms. The van der Waals surface area contributed by atoms with Gasteiger partial charge < -0.3 is 9.84 Å². The third-order valence-electron chi connectivity index (χ3n) is 5.06. The van der Waals surface area contributed by atoms with Gasteiger partial charge in [0.2, 0.25) is 0 Å². The molecular formula is C18H21N3O2. The summed E-state index contributed by atoms with van der Waals surface area (Å²) in [5, 5.41) is 6.56. The molecule has 5 heteroatoms. The Bertz CT molecular complexity index is 692. The minimum atomic E-state index is -0.233. The summed E-state index contributed by atoms with van der Waals surface area (Å²) < 4.78 is 4.71. The molecule has 1 N–H and O–H groups in total. The van der Waals surface area contributed by atoms with E-state index >= 15 is 0 Å². The number of nitrogens with one attached hydrogen (secondary N) is 1. The molecule has 0 saturated heterocycles. The van der Waals surface area contributed by atoms with Gasteiger partial charge in [0.1, 0.15) is 6.26 Å². The van der Waals surface area contributed by atoms with Crippen molar-refractivity contribution in [1.82, 2.24) is 10.1 Å². The highest BCUT2D eigenvalue weighted by Gasteiger charge is 2.26. The molecule has 1 amide bonds. The lowest BCUT2D eigenvalue weighted by Crippen LogP contribution is -2.41. The van der Waals surface area contributed by atoms with E-state index in [1.165, 1.54) is 36.7 Å². The number of carbonyl (C=O) groups is 1. The Balaban J connectivity index is 1.46. The van der Waals surface area contributed by atoms with Crippen LogP contribution < -0.4 is 5.32 Å². The molecular weight excluding hydrogens is 290 g/mol. The van der Waals surface area contributed by atoms with Gasteiger partial charge in [0, 0.05) is 30.9 Å². The predicted octanol–water partition coefficient (Wildman–Crippen LogP) is 2.88. The quantitative estimate of drug-likeness (QED) is 0.947. The van der Waals surface area contributed by atoms with Gasteiger partial charge in [0.05, 0.1) is 0 Å². The van der Waals surface area contributed by atoms with E-state index in [0.29, 0.717) is 5.69 Å². The molecule has 1 saturated carbocycles. The van der Waals surface area contributed by atoms with Crippen molar-refractivity contribution in [2.75, 3.05) is 18.4 Å². The molecule has 1 aromatic carbocycles. The topological polar surface area (TPSA) is 58.4 Å². The van der Waals surface area contributed by atoms with Gasteiger partial charge in [-0.25, -0.2) is 0 Å². The zero-order chi connectivity index (χ0) is 15.6. The average molecular weight is 311 g/mol.